The van der Waals surface area contributed by atoms with Crippen LogP contribution >= 0.6 is 24.0 Å². The Morgan fingerprint density at radius 2 is 1.83 bits per heavy atom. The van der Waals surface area contributed by atoms with Crippen LogP contribution in [-0.2, 0) is 4.79 Å². The highest BCUT2D eigenvalue weighted by Crippen LogP contribution is 2.33. The molecule has 1 heterocycles. The van der Waals surface area contributed by atoms with Gasteiger partial charge in [0.1, 0.15) is 16.7 Å². The van der Waals surface area contributed by atoms with Crippen molar-refractivity contribution in [2.45, 2.75) is 13.8 Å². The van der Waals surface area contributed by atoms with Crippen LogP contribution < -0.4 is 15.0 Å². The molecule has 2 aromatic carbocycles. The summed E-state index contributed by atoms with van der Waals surface area (Å²) in [6, 6.07) is 14.4. The van der Waals surface area contributed by atoms with Gasteiger partial charge in [-0.05, 0) is 61.4 Å². The molecule has 1 fully saturated rings. The van der Waals surface area contributed by atoms with E-state index in [4.69, 9.17) is 17.0 Å². The average Bonchev–Trinajstić information content (AvgIpc) is 2.99. The largest absolute Gasteiger partial charge is 0.489 e. The molecule has 0 spiro atoms. The van der Waals surface area contributed by atoms with E-state index >= 15 is 0 Å². The van der Waals surface area contributed by atoms with E-state index in [0.29, 0.717) is 15.8 Å². The number of carbonyl (C=O) groups excluding carboxylic acids is 1. The van der Waals surface area contributed by atoms with Crippen molar-refractivity contribution in [2.24, 2.45) is 0 Å². The lowest BCUT2D eigenvalue weighted by Gasteiger charge is -2.14. The minimum absolute atomic E-state index is 0.170. The number of anilines is 1. The maximum absolute atomic E-state index is 12.1. The molecule has 4 nitrogen and oxygen atoms in total. The van der Waals surface area contributed by atoms with Crippen LogP contribution in [0.4, 0.5) is 5.69 Å². The lowest BCUT2D eigenvalue weighted by molar-refractivity contribution is -0.115. The molecule has 1 amide bonds. The molecular weight excluding hydrogens is 400 g/mol. The fourth-order valence-electron chi connectivity index (χ4n) is 2.78. The highest BCUT2D eigenvalue weighted by molar-refractivity contribution is 8.26. The van der Waals surface area contributed by atoms with Crippen molar-refractivity contribution in [1.82, 2.24) is 5.32 Å². The monoisotopic (exact) mass is 424 g/mol. The molecule has 0 radical (unpaired) electrons. The molecule has 0 unspecified atom stereocenters. The Morgan fingerprint density at radius 3 is 2.41 bits per heavy atom. The number of amides is 1. The van der Waals surface area contributed by atoms with Crippen molar-refractivity contribution in [2.75, 3.05) is 25.6 Å². The fourth-order valence-corrected chi connectivity index (χ4v) is 3.82. The molecule has 0 aromatic heterocycles. The van der Waals surface area contributed by atoms with Crippen LogP contribution in [0.2, 0.25) is 0 Å². The molecule has 2 aromatic rings. The number of carbonyl (C=O) groups is 1. The molecule has 1 N–H and O–H groups in total. The van der Waals surface area contributed by atoms with Gasteiger partial charge in [-0.15, -0.1) is 0 Å². The van der Waals surface area contributed by atoms with Gasteiger partial charge in [0.2, 0.25) is 0 Å². The minimum atomic E-state index is -0.170. The molecule has 1 aliphatic rings. The molecule has 3 rings (SSSR count). The van der Waals surface area contributed by atoms with E-state index in [1.54, 1.807) is 0 Å². The van der Waals surface area contributed by atoms with E-state index in [-0.39, 0.29) is 5.91 Å². The number of nitrogens with zero attached hydrogens (tertiary/aromatic N) is 1. The van der Waals surface area contributed by atoms with Gasteiger partial charge in [-0.3, -0.25) is 4.79 Å². The third kappa shape index (κ3) is 5.49. The normalized spacial score (nSPS) is 14.7. The third-order valence-corrected chi connectivity index (χ3v) is 5.55. The SMILES string of the molecule is CC(C)=CCOc1ccc(-c2ccc(N(C)C)cc2)cc1/C=C1/SC(=S)NC1=O. The Balaban J connectivity index is 1.97. The van der Waals surface area contributed by atoms with E-state index < -0.39 is 0 Å². The maximum atomic E-state index is 12.1. The van der Waals surface area contributed by atoms with Crippen LogP contribution in [0.3, 0.4) is 0 Å². The molecule has 0 bridgehead atoms. The zero-order chi connectivity index (χ0) is 21.0. The number of ether oxygens (including phenoxy) is 1. The van der Waals surface area contributed by atoms with E-state index in [2.05, 4.69) is 34.5 Å². The van der Waals surface area contributed by atoms with Crippen LogP contribution in [0.1, 0.15) is 19.4 Å². The first kappa shape index (κ1) is 21.1. The topological polar surface area (TPSA) is 41.6 Å². The second-order valence-corrected chi connectivity index (χ2v) is 8.86. The lowest BCUT2D eigenvalue weighted by Crippen LogP contribution is -2.17. The quantitative estimate of drug-likeness (QED) is 0.389. The summed E-state index contributed by atoms with van der Waals surface area (Å²) in [4.78, 5) is 14.8. The zero-order valence-electron chi connectivity index (χ0n) is 17.0. The van der Waals surface area contributed by atoms with Crippen molar-refractivity contribution in [3.63, 3.8) is 0 Å². The van der Waals surface area contributed by atoms with Gasteiger partial charge in [0.05, 0.1) is 4.91 Å². The Kier molecular flexibility index (Phi) is 6.77. The first-order valence-corrected chi connectivity index (χ1v) is 10.5. The number of allylic oxidation sites excluding steroid dienone is 1. The van der Waals surface area contributed by atoms with Gasteiger partial charge in [-0.2, -0.15) is 0 Å². The predicted molar refractivity (Wildman–Crippen MR) is 127 cm³/mol. The van der Waals surface area contributed by atoms with Gasteiger partial charge in [0.25, 0.3) is 5.91 Å². The number of hydrogen-bond donors (Lipinski definition) is 1. The standard InChI is InChI=1S/C23H24N2O2S2/c1-15(2)11-12-27-20-10-7-17(16-5-8-19(9-6-16)25(3)4)13-18(20)14-21-22(26)24-23(28)29-21/h5-11,13-14H,12H2,1-4H3,(H,24,26,28)/b21-14+. The number of rotatable bonds is 6. The highest BCUT2D eigenvalue weighted by Gasteiger charge is 2.22. The van der Waals surface area contributed by atoms with Crippen LogP contribution in [0.25, 0.3) is 17.2 Å². The first-order chi connectivity index (χ1) is 13.8. The number of thiocarbonyl (C=S) groups is 1. The fraction of sp³-hybridized carbons (Fsp3) is 0.217. The lowest BCUT2D eigenvalue weighted by atomic mass is 10.0. The van der Waals surface area contributed by atoms with Crippen molar-refractivity contribution in [3.05, 3.63) is 64.6 Å². The van der Waals surface area contributed by atoms with Gasteiger partial charge in [0, 0.05) is 25.3 Å². The van der Waals surface area contributed by atoms with E-state index in [0.717, 1.165) is 28.1 Å². The van der Waals surface area contributed by atoms with Crippen LogP contribution in [0.5, 0.6) is 5.75 Å². The second-order valence-electron chi connectivity index (χ2n) is 7.14. The van der Waals surface area contributed by atoms with E-state index in [9.17, 15) is 4.79 Å². The van der Waals surface area contributed by atoms with Gasteiger partial charge in [-0.1, -0.05) is 47.8 Å². The summed E-state index contributed by atoms with van der Waals surface area (Å²) in [5, 5.41) is 2.66. The Bertz CT molecular complexity index is 988. The zero-order valence-corrected chi connectivity index (χ0v) is 18.6. The Morgan fingerprint density at radius 1 is 1.14 bits per heavy atom. The highest BCUT2D eigenvalue weighted by atomic mass is 32.2. The molecule has 1 aliphatic heterocycles. The average molecular weight is 425 g/mol. The van der Waals surface area contributed by atoms with Crippen molar-refractivity contribution in [3.8, 4) is 16.9 Å². The van der Waals surface area contributed by atoms with Crippen molar-refractivity contribution in [1.29, 1.82) is 0 Å². The third-order valence-electron chi connectivity index (χ3n) is 4.39. The molecule has 0 atom stereocenters. The number of nitrogens with one attached hydrogen (secondary N) is 1. The Labute approximate surface area is 181 Å². The van der Waals surface area contributed by atoms with Gasteiger partial charge in [0.15, 0.2) is 0 Å². The maximum Gasteiger partial charge on any atom is 0.263 e. The molecule has 150 valence electrons. The molecular formula is C23H24N2O2S2. The molecule has 0 aliphatic carbocycles. The van der Waals surface area contributed by atoms with Crippen molar-refractivity contribution < 1.29 is 9.53 Å². The van der Waals surface area contributed by atoms with Gasteiger partial charge < -0.3 is 15.0 Å². The summed E-state index contributed by atoms with van der Waals surface area (Å²) in [5.41, 5.74) is 5.35. The smallest absolute Gasteiger partial charge is 0.263 e. The van der Waals surface area contributed by atoms with Crippen molar-refractivity contribution >= 4 is 46.0 Å². The summed E-state index contributed by atoms with van der Waals surface area (Å²) in [5.74, 6) is 0.561. The first-order valence-electron chi connectivity index (χ1n) is 9.26. The van der Waals surface area contributed by atoms with Crippen LogP contribution in [0, 0.1) is 0 Å². The molecule has 1 saturated heterocycles. The number of benzene rings is 2. The predicted octanol–water partition coefficient (Wildman–Crippen LogP) is 5.25. The summed E-state index contributed by atoms with van der Waals surface area (Å²) < 4.78 is 6.44. The molecule has 6 heteroatoms. The second kappa shape index (κ2) is 9.29. The van der Waals surface area contributed by atoms with Gasteiger partial charge >= 0.3 is 0 Å². The number of hydrogen-bond acceptors (Lipinski definition) is 5. The molecule has 29 heavy (non-hydrogen) atoms. The van der Waals surface area contributed by atoms with Crippen LogP contribution in [-0.4, -0.2) is 30.9 Å². The minimum Gasteiger partial charge on any atom is -0.489 e. The van der Waals surface area contributed by atoms with Gasteiger partial charge in [-0.25, -0.2) is 0 Å². The number of thioether (sulfide) groups is 1. The summed E-state index contributed by atoms with van der Waals surface area (Å²) >= 11 is 6.38. The summed E-state index contributed by atoms with van der Waals surface area (Å²) in [7, 11) is 4.04. The summed E-state index contributed by atoms with van der Waals surface area (Å²) in [6.07, 6.45) is 3.87. The molecule has 0 saturated carbocycles. The summed E-state index contributed by atoms with van der Waals surface area (Å²) in [6.45, 7) is 4.55. The Hall–Kier alpha value is -2.57. The van der Waals surface area contributed by atoms with E-state index in [1.807, 2.05) is 58.3 Å². The van der Waals surface area contributed by atoms with E-state index in [1.165, 1.54) is 17.3 Å². The van der Waals surface area contributed by atoms with Crippen LogP contribution in [0.15, 0.2) is 59.0 Å².